The normalized spacial score (nSPS) is 18.9. The maximum atomic E-state index is 11.5. The van der Waals surface area contributed by atoms with E-state index < -0.39 is 0 Å². The van der Waals surface area contributed by atoms with Crippen LogP contribution in [0.3, 0.4) is 0 Å². The highest BCUT2D eigenvalue weighted by Gasteiger charge is 2.28. The van der Waals surface area contributed by atoms with Crippen LogP contribution in [-0.4, -0.2) is 65.3 Å². The molecule has 8 heteroatoms. The van der Waals surface area contributed by atoms with E-state index in [-0.39, 0.29) is 12.0 Å². The van der Waals surface area contributed by atoms with E-state index >= 15 is 0 Å². The number of para-hydroxylation sites is 1. The smallest absolute Gasteiger partial charge is 0.145 e. The van der Waals surface area contributed by atoms with E-state index in [0.29, 0.717) is 6.54 Å². The molecular formula is C32H33Cl2N5O. The van der Waals surface area contributed by atoms with E-state index in [4.69, 9.17) is 33.2 Å². The maximum absolute atomic E-state index is 11.5. The predicted molar refractivity (Wildman–Crippen MR) is 162 cm³/mol. The molecule has 0 aliphatic carbocycles. The fourth-order valence-corrected chi connectivity index (χ4v) is 6.27. The summed E-state index contributed by atoms with van der Waals surface area (Å²) in [4.78, 5) is 28.8. The molecule has 6 rings (SSSR count). The Kier molecular flexibility index (Phi) is 8.30. The molecule has 0 N–H and O–H groups in total. The molecule has 2 fully saturated rings. The molecule has 0 radical (unpaired) electrons. The lowest BCUT2D eigenvalue weighted by molar-refractivity contribution is -0.111. The van der Waals surface area contributed by atoms with Crippen molar-refractivity contribution in [2.45, 2.75) is 25.4 Å². The lowest BCUT2D eigenvalue weighted by Crippen LogP contribution is -2.47. The molecule has 3 heterocycles. The SMILES string of the molecule is O=CC1CCCN(c2nc(CN3CCN(C(c4ccc(Cl)cc4)c4ccc(Cl)cc4)CC3)nc3ccccc23)C1. The maximum Gasteiger partial charge on any atom is 0.145 e. The number of aromatic nitrogens is 2. The highest BCUT2D eigenvalue weighted by molar-refractivity contribution is 6.30. The van der Waals surface area contributed by atoms with Gasteiger partial charge in [0.05, 0.1) is 18.1 Å². The van der Waals surface area contributed by atoms with E-state index in [0.717, 1.165) is 91.0 Å². The number of piperazine rings is 1. The van der Waals surface area contributed by atoms with Crippen LogP contribution in [0.5, 0.6) is 0 Å². The van der Waals surface area contributed by atoms with Crippen molar-refractivity contribution < 1.29 is 4.79 Å². The summed E-state index contributed by atoms with van der Waals surface area (Å²) in [6, 6.07) is 24.7. The Bertz CT molecular complexity index is 1410. The van der Waals surface area contributed by atoms with Gasteiger partial charge in [-0.3, -0.25) is 9.80 Å². The molecule has 0 amide bonds. The summed E-state index contributed by atoms with van der Waals surface area (Å²) in [7, 11) is 0. The van der Waals surface area contributed by atoms with Gasteiger partial charge in [-0.05, 0) is 60.4 Å². The standard InChI is InChI=1S/C32H33Cl2N5O/c33-26-11-7-24(8-12-26)31(25-9-13-27(34)14-10-25)38-18-16-37(17-19-38)21-30-35-29-6-2-1-5-28(29)32(36-30)39-15-3-4-23(20-39)22-40/h1-2,5-14,22-23,31H,3-4,15-21H2. The Hall–Kier alpha value is -3.03. The first-order chi connectivity index (χ1) is 19.6. The van der Waals surface area contributed by atoms with Gasteiger partial charge in [0, 0.05) is 60.6 Å². The van der Waals surface area contributed by atoms with Crippen LogP contribution >= 0.6 is 23.2 Å². The van der Waals surface area contributed by atoms with Crippen LogP contribution in [0.15, 0.2) is 72.8 Å². The topological polar surface area (TPSA) is 52.6 Å². The molecule has 40 heavy (non-hydrogen) atoms. The van der Waals surface area contributed by atoms with Gasteiger partial charge in [0.1, 0.15) is 17.9 Å². The van der Waals surface area contributed by atoms with E-state index in [1.54, 1.807) is 0 Å². The first-order valence-electron chi connectivity index (χ1n) is 14.0. The lowest BCUT2D eigenvalue weighted by Gasteiger charge is -2.39. The molecule has 3 aromatic carbocycles. The number of benzene rings is 3. The Morgan fingerprint density at radius 1 is 0.825 bits per heavy atom. The number of hydrogen-bond donors (Lipinski definition) is 0. The van der Waals surface area contributed by atoms with E-state index in [1.807, 2.05) is 36.4 Å². The third-order valence-electron chi connectivity index (χ3n) is 8.09. The minimum Gasteiger partial charge on any atom is -0.355 e. The van der Waals surface area contributed by atoms with Crippen molar-refractivity contribution in [1.29, 1.82) is 0 Å². The van der Waals surface area contributed by atoms with Gasteiger partial charge >= 0.3 is 0 Å². The van der Waals surface area contributed by atoms with Crippen molar-refractivity contribution in [3.05, 3.63) is 99.8 Å². The molecular weight excluding hydrogens is 541 g/mol. The average molecular weight is 575 g/mol. The molecule has 2 saturated heterocycles. The number of aldehydes is 1. The van der Waals surface area contributed by atoms with Gasteiger partial charge in [0.25, 0.3) is 0 Å². The number of rotatable bonds is 7. The van der Waals surface area contributed by atoms with E-state index in [9.17, 15) is 4.79 Å². The quantitative estimate of drug-likeness (QED) is 0.243. The molecule has 4 aromatic rings. The largest absolute Gasteiger partial charge is 0.355 e. The molecule has 206 valence electrons. The molecule has 1 atom stereocenters. The number of carbonyl (C=O) groups excluding carboxylic acids is 1. The van der Waals surface area contributed by atoms with Crippen LogP contribution < -0.4 is 4.90 Å². The average Bonchev–Trinajstić information content (AvgIpc) is 2.99. The number of hydrogen-bond acceptors (Lipinski definition) is 6. The van der Waals surface area contributed by atoms with Gasteiger partial charge in [-0.15, -0.1) is 0 Å². The second-order valence-corrected chi connectivity index (χ2v) is 11.7. The number of fused-ring (bicyclic) bond motifs is 1. The molecule has 1 aromatic heterocycles. The third kappa shape index (κ3) is 6.01. The van der Waals surface area contributed by atoms with Crippen LogP contribution in [0, 0.1) is 5.92 Å². The molecule has 2 aliphatic rings. The summed E-state index contributed by atoms with van der Waals surface area (Å²) < 4.78 is 0. The van der Waals surface area contributed by atoms with Gasteiger partial charge in [-0.1, -0.05) is 59.6 Å². The lowest BCUT2D eigenvalue weighted by atomic mass is 9.96. The first kappa shape index (κ1) is 27.2. The molecule has 1 unspecified atom stereocenters. The van der Waals surface area contributed by atoms with Crippen LogP contribution in [-0.2, 0) is 11.3 Å². The number of anilines is 1. The molecule has 0 spiro atoms. The third-order valence-corrected chi connectivity index (χ3v) is 8.59. The fraction of sp³-hybridized carbons (Fsp3) is 0.344. The summed E-state index contributed by atoms with van der Waals surface area (Å²) in [5.41, 5.74) is 3.40. The van der Waals surface area contributed by atoms with Gasteiger partial charge < -0.3 is 9.69 Å². The summed E-state index contributed by atoms with van der Waals surface area (Å²) in [6.07, 6.45) is 3.05. The zero-order valence-corrected chi connectivity index (χ0v) is 23.9. The van der Waals surface area contributed by atoms with Crippen molar-refractivity contribution >= 4 is 46.2 Å². The predicted octanol–water partition coefficient (Wildman–Crippen LogP) is 6.26. The van der Waals surface area contributed by atoms with Crippen LogP contribution in [0.4, 0.5) is 5.82 Å². The zero-order chi connectivity index (χ0) is 27.5. The van der Waals surface area contributed by atoms with Gasteiger partial charge in [-0.25, -0.2) is 9.97 Å². The molecule has 0 saturated carbocycles. The van der Waals surface area contributed by atoms with E-state index in [1.165, 1.54) is 11.1 Å². The highest BCUT2D eigenvalue weighted by Crippen LogP contribution is 2.32. The van der Waals surface area contributed by atoms with Crippen molar-refractivity contribution in [1.82, 2.24) is 19.8 Å². The summed E-state index contributed by atoms with van der Waals surface area (Å²) in [5, 5.41) is 2.53. The minimum atomic E-state index is 0.0632. The van der Waals surface area contributed by atoms with Crippen molar-refractivity contribution in [3.8, 4) is 0 Å². The molecule has 6 nitrogen and oxygen atoms in total. The van der Waals surface area contributed by atoms with Gasteiger partial charge in [0.15, 0.2) is 0 Å². The number of piperidine rings is 1. The van der Waals surface area contributed by atoms with Gasteiger partial charge in [0.2, 0.25) is 0 Å². The first-order valence-corrected chi connectivity index (χ1v) is 14.8. The summed E-state index contributed by atoms with van der Waals surface area (Å²) >= 11 is 12.4. The summed E-state index contributed by atoms with van der Waals surface area (Å²) in [5.74, 6) is 1.85. The number of halogens is 2. The molecule has 0 bridgehead atoms. The number of nitrogens with zero attached hydrogens (tertiary/aromatic N) is 5. The summed E-state index contributed by atoms with van der Waals surface area (Å²) in [6.45, 7) is 6.01. The Labute approximate surface area is 245 Å². The number of carbonyl (C=O) groups is 1. The van der Waals surface area contributed by atoms with Gasteiger partial charge in [-0.2, -0.15) is 0 Å². The van der Waals surface area contributed by atoms with Crippen LogP contribution in [0.2, 0.25) is 10.0 Å². The zero-order valence-electron chi connectivity index (χ0n) is 22.4. The van der Waals surface area contributed by atoms with Crippen molar-refractivity contribution in [2.75, 3.05) is 44.2 Å². The Morgan fingerprint density at radius 2 is 1.48 bits per heavy atom. The Morgan fingerprint density at radius 3 is 2.12 bits per heavy atom. The second-order valence-electron chi connectivity index (χ2n) is 10.8. The Balaban J connectivity index is 1.20. The van der Waals surface area contributed by atoms with Crippen LogP contribution in [0.1, 0.15) is 35.8 Å². The second kappa shape index (κ2) is 12.2. The molecule has 2 aliphatic heterocycles. The fourth-order valence-electron chi connectivity index (χ4n) is 6.02. The highest BCUT2D eigenvalue weighted by atomic mass is 35.5. The van der Waals surface area contributed by atoms with E-state index in [2.05, 4.69) is 51.1 Å². The minimum absolute atomic E-state index is 0.0632. The van der Waals surface area contributed by atoms with Crippen LogP contribution in [0.25, 0.3) is 10.9 Å². The van der Waals surface area contributed by atoms with Crippen molar-refractivity contribution in [2.24, 2.45) is 5.92 Å². The monoisotopic (exact) mass is 573 g/mol. The van der Waals surface area contributed by atoms with Crippen molar-refractivity contribution in [3.63, 3.8) is 0 Å².